The number of unbranched alkanes of at least 4 members (excludes halogenated alkanes) is 1. The number of pyridine rings is 1. The monoisotopic (exact) mass is 339 g/mol. The molecule has 1 unspecified atom stereocenters. The Morgan fingerprint density at radius 2 is 2.22 bits per heavy atom. The number of aromatic nitrogens is 1. The van der Waals surface area contributed by atoms with E-state index in [0.29, 0.717) is 25.2 Å². The van der Waals surface area contributed by atoms with Gasteiger partial charge in [-0.05, 0) is 43.9 Å². The van der Waals surface area contributed by atoms with E-state index in [0.717, 1.165) is 24.8 Å². The molecule has 2 heterocycles. The zero-order chi connectivity index (χ0) is 16.9. The third-order valence-electron chi connectivity index (χ3n) is 4.04. The van der Waals surface area contributed by atoms with Crippen molar-refractivity contribution in [2.45, 2.75) is 52.0 Å². The first kappa shape index (κ1) is 17.9. The molecular weight excluding hydrogens is 314 g/mol. The van der Waals surface area contributed by atoms with Crippen LogP contribution in [0.3, 0.4) is 0 Å². The van der Waals surface area contributed by atoms with E-state index in [1.807, 2.05) is 19.9 Å². The maximum absolute atomic E-state index is 12.6. The predicted molar refractivity (Wildman–Crippen MR) is 90.6 cm³/mol. The molecule has 1 aliphatic rings. The summed E-state index contributed by atoms with van der Waals surface area (Å²) in [5, 5.41) is 2.75. The summed E-state index contributed by atoms with van der Waals surface area (Å²) in [6.45, 7) is 4.30. The van der Waals surface area contributed by atoms with Gasteiger partial charge in [0.25, 0.3) is 0 Å². The number of hydrogen-bond donors (Lipinski definition) is 1. The maximum Gasteiger partial charge on any atom is 0.243 e. The predicted octanol–water partition coefficient (Wildman–Crippen LogP) is 2.31. The average Bonchev–Trinajstić information content (AvgIpc) is 2.53. The molecule has 0 bridgehead atoms. The highest BCUT2D eigenvalue weighted by Crippen LogP contribution is 2.22. The lowest BCUT2D eigenvalue weighted by molar-refractivity contribution is -0.120. The number of carbonyl (C=O) groups excluding carboxylic acids is 1. The highest BCUT2D eigenvalue weighted by atomic mass is 32.2. The molecule has 0 radical (unpaired) electrons. The number of sulfonamides is 1. The lowest BCUT2D eigenvalue weighted by atomic mass is 10.0. The van der Waals surface area contributed by atoms with Gasteiger partial charge in [-0.3, -0.25) is 4.79 Å². The summed E-state index contributed by atoms with van der Waals surface area (Å²) in [6.07, 6.45) is 5.28. The van der Waals surface area contributed by atoms with Crippen molar-refractivity contribution in [2.75, 3.05) is 17.6 Å². The summed E-state index contributed by atoms with van der Waals surface area (Å²) >= 11 is 0. The fourth-order valence-electron chi connectivity index (χ4n) is 2.76. The zero-order valence-corrected chi connectivity index (χ0v) is 14.6. The van der Waals surface area contributed by atoms with Crippen molar-refractivity contribution in [2.24, 2.45) is 0 Å². The van der Waals surface area contributed by atoms with Crippen LogP contribution in [0, 0.1) is 6.92 Å². The molecule has 1 aliphatic heterocycles. The largest absolute Gasteiger partial charge is 0.309 e. The topological polar surface area (TPSA) is 79.4 Å². The van der Waals surface area contributed by atoms with Crippen molar-refractivity contribution in [3.8, 4) is 0 Å². The number of aryl methyl sites for hydroxylation is 1. The molecule has 0 aliphatic carbocycles. The fourth-order valence-corrected chi connectivity index (χ4v) is 4.64. The van der Waals surface area contributed by atoms with Crippen LogP contribution in [0.2, 0.25) is 0 Å². The van der Waals surface area contributed by atoms with E-state index in [4.69, 9.17) is 0 Å². The van der Waals surface area contributed by atoms with Gasteiger partial charge in [-0.2, -0.15) is 4.31 Å². The van der Waals surface area contributed by atoms with Crippen LogP contribution in [-0.4, -0.2) is 42.0 Å². The van der Waals surface area contributed by atoms with E-state index in [9.17, 15) is 13.2 Å². The van der Waals surface area contributed by atoms with Crippen molar-refractivity contribution in [3.05, 3.63) is 23.9 Å². The minimum absolute atomic E-state index is 0.107. The number of nitrogens with zero attached hydrogens (tertiary/aromatic N) is 2. The Morgan fingerprint density at radius 1 is 1.43 bits per heavy atom. The van der Waals surface area contributed by atoms with Crippen molar-refractivity contribution >= 4 is 21.7 Å². The molecule has 6 nitrogen and oxygen atoms in total. The Bertz CT molecular complexity index is 646. The number of carbonyl (C=O) groups is 1. The highest BCUT2D eigenvalue weighted by Gasteiger charge is 2.36. The quantitative estimate of drug-likeness (QED) is 0.862. The third kappa shape index (κ3) is 4.75. The molecule has 23 heavy (non-hydrogen) atoms. The van der Waals surface area contributed by atoms with Crippen LogP contribution in [0.4, 0.5) is 5.82 Å². The van der Waals surface area contributed by atoms with Gasteiger partial charge in [-0.15, -0.1) is 0 Å². The molecule has 0 saturated carbocycles. The summed E-state index contributed by atoms with van der Waals surface area (Å²) in [4.78, 5) is 16.7. The Labute approximate surface area is 138 Å². The minimum Gasteiger partial charge on any atom is -0.309 e. The number of nitrogens with one attached hydrogen (secondary N) is 1. The smallest absolute Gasteiger partial charge is 0.243 e. The van der Waals surface area contributed by atoms with E-state index in [1.54, 1.807) is 12.3 Å². The molecule has 0 aromatic carbocycles. The number of rotatable bonds is 6. The lowest BCUT2D eigenvalue weighted by Gasteiger charge is -2.33. The third-order valence-corrected chi connectivity index (χ3v) is 5.99. The van der Waals surface area contributed by atoms with Crippen LogP contribution < -0.4 is 5.32 Å². The van der Waals surface area contributed by atoms with E-state index < -0.39 is 16.1 Å². The van der Waals surface area contributed by atoms with Crippen LogP contribution >= 0.6 is 0 Å². The van der Waals surface area contributed by atoms with Gasteiger partial charge in [0.15, 0.2) is 0 Å². The Kier molecular flexibility index (Phi) is 6.12. The second-order valence-corrected chi connectivity index (χ2v) is 8.04. The zero-order valence-electron chi connectivity index (χ0n) is 13.8. The van der Waals surface area contributed by atoms with E-state index >= 15 is 0 Å². The van der Waals surface area contributed by atoms with Gasteiger partial charge in [0.1, 0.15) is 11.9 Å². The molecule has 1 N–H and O–H groups in total. The van der Waals surface area contributed by atoms with Crippen LogP contribution in [0.5, 0.6) is 0 Å². The normalized spacial score (nSPS) is 19.5. The summed E-state index contributed by atoms with van der Waals surface area (Å²) < 4.78 is 26.4. The fraction of sp³-hybridized carbons (Fsp3) is 0.625. The van der Waals surface area contributed by atoms with E-state index in [2.05, 4.69) is 10.3 Å². The summed E-state index contributed by atoms with van der Waals surface area (Å²) in [6, 6.07) is 2.99. The van der Waals surface area contributed by atoms with Gasteiger partial charge in [-0.1, -0.05) is 19.8 Å². The molecule has 7 heteroatoms. The van der Waals surface area contributed by atoms with Gasteiger partial charge < -0.3 is 5.32 Å². The van der Waals surface area contributed by atoms with Crippen LogP contribution in [0.15, 0.2) is 18.3 Å². The van der Waals surface area contributed by atoms with Crippen molar-refractivity contribution in [1.29, 1.82) is 0 Å². The first-order valence-electron chi connectivity index (χ1n) is 8.17. The van der Waals surface area contributed by atoms with Crippen LogP contribution in [0.1, 0.15) is 44.6 Å². The molecule has 1 aromatic heterocycles. The Morgan fingerprint density at radius 3 is 2.91 bits per heavy atom. The number of amides is 1. The Hall–Kier alpha value is -1.47. The Balaban J connectivity index is 2.12. The van der Waals surface area contributed by atoms with E-state index in [1.165, 1.54) is 4.31 Å². The molecule has 2 rings (SSSR count). The molecule has 1 aromatic rings. The second-order valence-electron chi connectivity index (χ2n) is 6.00. The van der Waals surface area contributed by atoms with Crippen molar-refractivity contribution in [3.63, 3.8) is 0 Å². The molecule has 0 spiro atoms. The lowest BCUT2D eigenvalue weighted by Crippen LogP contribution is -2.50. The number of piperidine rings is 1. The molecule has 128 valence electrons. The second kappa shape index (κ2) is 7.88. The summed E-state index contributed by atoms with van der Waals surface area (Å²) in [5.41, 5.74) is 0.992. The minimum atomic E-state index is -3.39. The van der Waals surface area contributed by atoms with Crippen molar-refractivity contribution < 1.29 is 13.2 Å². The molecule has 1 saturated heterocycles. The standard InChI is InChI=1S/C16H25N3O3S/c1-3-4-11-23(21,22)19-10-6-5-7-14(19)16(20)18-15-12-13(2)8-9-17-15/h8-9,12,14H,3-7,10-11H2,1-2H3,(H,17,18,20). The van der Waals surface area contributed by atoms with Crippen LogP contribution in [-0.2, 0) is 14.8 Å². The molecule has 1 fully saturated rings. The van der Waals surface area contributed by atoms with Gasteiger partial charge >= 0.3 is 0 Å². The average molecular weight is 339 g/mol. The van der Waals surface area contributed by atoms with Gasteiger partial charge in [-0.25, -0.2) is 13.4 Å². The first-order valence-corrected chi connectivity index (χ1v) is 9.78. The van der Waals surface area contributed by atoms with E-state index in [-0.39, 0.29) is 11.7 Å². The molecular formula is C16H25N3O3S. The van der Waals surface area contributed by atoms with Gasteiger partial charge in [0.05, 0.1) is 5.75 Å². The maximum atomic E-state index is 12.6. The molecule has 1 atom stereocenters. The number of anilines is 1. The molecule has 1 amide bonds. The SMILES string of the molecule is CCCCS(=O)(=O)N1CCCCC1C(=O)Nc1cc(C)ccn1. The highest BCUT2D eigenvalue weighted by molar-refractivity contribution is 7.89. The summed E-state index contributed by atoms with van der Waals surface area (Å²) in [7, 11) is -3.39. The number of hydrogen-bond acceptors (Lipinski definition) is 4. The summed E-state index contributed by atoms with van der Waals surface area (Å²) in [5.74, 6) is 0.282. The van der Waals surface area contributed by atoms with Crippen LogP contribution in [0.25, 0.3) is 0 Å². The first-order chi connectivity index (χ1) is 10.9. The van der Waals surface area contributed by atoms with Gasteiger partial charge in [0, 0.05) is 12.7 Å². The van der Waals surface area contributed by atoms with Gasteiger partial charge in [0.2, 0.25) is 15.9 Å². The van der Waals surface area contributed by atoms with Crippen molar-refractivity contribution in [1.82, 2.24) is 9.29 Å².